The summed E-state index contributed by atoms with van der Waals surface area (Å²) in [6.45, 7) is 11.5. The highest BCUT2D eigenvalue weighted by molar-refractivity contribution is 6.60. The molecular formula is C27H60NO3Si+. The monoisotopic (exact) mass is 474 g/mol. The first-order valence-corrected chi connectivity index (χ1v) is 16.1. The summed E-state index contributed by atoms with van der Waals surface area (Å²) in [4.78, 5) is 0. The van der Waals surface area contributed by atoms with E-state index in [1.807, 2.05) is 20.8 Å². The van der Waals surface area contributed by atoms with Crippen LogP contribution in [0.4, 0.5) is 0 Å². The molecule has 0 rings (SSSR count). The van der Waals surface area contributed by atoms with Gasteiger partial charge in [-0.15, -0.1) is 0 Å². The van der Waals surface area contributed by atoms with Crippen LogP contribution in [0.15, 0.2) is 0 Å². The van der Waals surface area contributed by atoms with Crippen LogP contribution in [0.3, 0.4) is 0 Å². The maximum Gasteiger partial charge on any atom is 0.559 e. The maximum absolute atomic E-state index is 6.06. The molecular weight excluding hydrogens is 414 g/mol. The molecule has 0 aromatic carbocycles. The van der Waals surface area contributed by atoms with E-state index in [2.05, 4.69) is 21.0 Å². The molecule has 0 aromatic rings. The highest BCUT2D eigenvalue weighted by atomic mass is 28.4. The molecule has 0 aromatic heterocycles. The van der Waals surface area contributed by atoms with Crippen molar-refractivity contribution in [2.75, 3.05) is 46.6 Å². The minimum atomic E-state index is -2.57. The fraction of sp³-hybridized carbons (Fsp3) is 1.00. The minimum absolute atomic E-state index is 0.658. The zero-order chi connectivity index (χ0) is 24.0. The molecule has 0 aliphatic heterocycles. The van der Waals surface area contributed by atoms with Crippen molar-refractivity contribution in [2.45, 2.75) is 130 Å². The van der Waals surface area contributed by atoms with Gasteiger partial charge in [-0.25, -0.2) is 0 Å². The molecule has 0 saturated heterocycles. The zero-order valence-corrected chi connectivity index (χ0v) is 24.0. The second kappa shape index (κ2) is 21.6. The third kappa shape index (κ3) is 18.5. The highest BCUT2D eigenvalue weighted by Crippen LogP contribution is 2.18. The van der Waals surface area contributed by atoms with Gasteiger partial charge >= 0.3 is 8.80 Å². The second-order valence-electron chi connectivity index (χ2n) is 10.1. The van der Waals surface area contributed by atoms with Gasteiger partial charge in [-0.1, -0.05) is 96.8 Å². The number of nitrogens with zero attached hydrogens (tertiary/aromatic N) is 1. The lowest BCUT2D eigenvalue weighted by Gasteiger charge is -2.37. The molecule has 0 saturated carbocycles. The van der Waals surface area contributed by atoms with Crippen molar-refractivity contribution in [1.29, 1.82) is 0 Å². The van der Waals surface area contributed by atoms with Crippen molar-refractivity contribution in [1.82, 2.24) is 0 Å². The molecule has 0 bridgehead atoms. The van der Waals surface area contributed by atoms with Crippen molar-refractivity contribution >= 4 is 8.80 Å². The molecule has 4 nitrogen and oxygen atoms in total. The SMILES string of the molecule is CCCCCCCCCCCCCCCCCC[N+](C)(C)C[Si](OCC)(OCC)OCC. The van der Waals surface area contributed by atoms with E-state index in [0.29, 0.717) is 19.8 Å². The third-order valence-electron chi connectivity index (χ3n) is 6.33. The van der Waals surface area contributed by atoms with Gasteiger partial charge in [0.05, 0.1) is 20.6 Å². The molecule has 0 amide bonds. The summed E-state index contributed by atoms with van der Waals surface area (Å²) in [6, 6.07) is 0. The van der Waals surface area contributed by atoms with E-state index in [0.717, 1.165) is 10.7 Å². The van der Waals surface area contributed by atoms with E-state index >= 15 is 0 Å². The van der Waals surface area contributed by atoms with Crippen LogP contribution >= 0.6 is 0 Å². The summed E-state index contributed by atoms with van der Waals surface area (Å²) in [5.74, 6) is 0. The molecule has 0 atom stereocenters. The van der Waals surface area contributed by atoms with Gasteiger partial charge in [0.25, 0.3) is 0 Å². The lowest BCUT2D eigenvalue weighted by Crippen LogP contribution is -2.60. The van der Waals surface area contributed by atoms with Crippen molar-refractivity contribution in [2.24, 2.45) is 0 Å². The fourth-order valence-electron chi connectivity index (χ4n) is 4.61. The predicted octanol–water partition coefficient (Wildman–Crippen LogP) is 7.91. The molecule has 0 unspecified atom stereocenters. The molecule has 0 radical (unpaired) electrons. The first-order valence-electron chi connectivity index (χ1n) is 14.2. The first-order chi connectivity index (χ1) is 15.4. The Kier molecular flexibility index (Phi) is 21.6. The molecule has 0 N–H and O–H groups in total. The van der Waals surface area contributed by atoms with Gasteiger partial charge < -0.3 is 17.8 Å². The quantitative estimate of drug-likeness (QED) is 0.0764. The van der Waals surface area contributed by atoms with Gasteiger partial charge in [-0.3, -0.25) is 0 Å². The van der Waals surface area contributed by atoms with E-state index in [1.165, 1.54) is 109 Å². The molecule has 0 heterocycles. The highest BCUT2D eigenvalue weighted by Gasteiger charge is 2.47. The van der Waals surface area contributed by atoms with E-state index in [4.69, 9.17) is 13.3 Å². The number of quaternary nitrogens is 1. The second-order valence-corrected chi connectivity index (χ2v) is 12.7. The Morgan fingerprint density at radius 2 is 0.781 bits per heavy atom. The van der Waals surface area contributed by atoms with E-state index < -0.39 is 8.80 Å². The Bertz CT molecular complexity index is 376. The topological polar surface area (TPSA) is 27.7 Å². The third-order valence-corrected chi connectivity index (χ3v) is 9.76. The normalized spacial score (nSPS) is 12.6. The fourth-order valence-corrected chi connectivity index (χ4v) is 7.66. The zero-order valence-electron chi connectivity index (χ0n) is 23.0. The average molecular weight is 475 g/mol. The summed E-state index contributed by atoms with van der Waals surface area (Å²) in [7, 11) is 2.02. The van der Waals surface area contributed by atoms with Crippen LogP contribution in [0.1, 0.15) is 130 Å². The summed E-state index contributed by atoms with van der Waals surface area (Å²) >= 11 is 0. The van der Waals surface area contributed by atoms with Crippen LogP contribution in [0.5, 0.6) is 0 Å². The molecule has 32 heavy (non-hydrogen) atoms. The number of hydrogen-bond donors (Lipinski definition) is 0. The molecule has 0 aliphatic carbocycles. The summed E-state index contributed by atoms with van der Waals surface area (Å²) in [5.41, 5.74) is 0. The summed E-state index contributed by atoms with van der Waals surface area (Å²) in [5, 5.41) is 0. The molecule has 194 valence electrons. The van der Waals surface area contributed by atoms with Crippen LogP contribution < -0.4 is 0 Å². The van der Waals surface area contributed by atoms with Crippen molar-refractivity contribution in [3.63, 3.8) is 0 Å². The van der Waals surface area contributed by atoms with Gasteiger partial charge in [-0.2, -0.15) is 0 Å². The molecule has 0 fully saturated rings. The Morgan fingerprint density at radius 3 is 1.09 bits per heavy atom. The largest absolute Gasteiger partial charge is 0.559 e. The summed E-state index contributed by atoms with van der Waals surface area (Å²) in [6.07, 6.45) is 23.5. The Balaban J connectivity index is 3.73. The van der Waals surface area contributed by atoms with Gasteiger partial charge in [-0.05, 0) is 33.6 Å². The smallest absolute Gasteiger partial charge is 0.370 e. The minimum Gasteiger partial charge on any atom is -0.370 e. The molecule has 5 heteroatoms. The number of rotatable bonds is 25. The summed E-state index contributed by atoms with van der Waals surface area (Å²) < 4.78 is 19.1. The maximum atomic E-state index is 6.06. The van der Waals surface area contributed by atoms with Crippen LogP contribution in [-0.2, 0) is 13.3 Å². The average Bonchev–Trinajstić information content (AvgIpc) is 2.73. The lowest BCUT2D eigenvalue weighted by atomic mass is 10.0. The molecule has 0 aliphatic rings. The van der Waals surface area contributed by atoms with E-state index in [-0.39, 0.29) is 0 Å². The van der Waals surface area contributed by atoms with Gasteiger partial charge in [0, 0.05) is 19.8 Å². The van der Waals surface area contributed by atoms with Gasteiger partial charge in [0.2, 0.25) is 0 Å². The number of unbranched alkanes of at least 4 members (excludes halogenated alkanes) is 15. The molecule has 0 spiro atoms. The van der Waals surface area contributed by atoms with Crippen LogP contribution in [-0.4, -0.2) is 59.9 Å². The van der Waals surface area contributed by atoms with Crippen molar-refractivity contribution in [3.05, 3.63) is 0 Å². The standard InChI is InChI=1S/C27H60NO3Si/c1-7-11-12-13-14-15-16-17-18-19-20-21-22-23-24-25-26-28(5,6)27-32(29-8-2,30-9-3)31-10-4/h7-27H2,1-6H3/q+1. The van der Waals surface area contributed by atoms with Gasteiger partial charge in [0.1, 0.15) is 6.17 Å². The number of hydrogen-bond acceptors (Lipinski definition) is 3. The van der Waals surface area contributed by atoms with E-state index in [9.17, 15) is 0 Å². The lowest BCUT2D eigenvalue weighted by molar-refractivity contribution is -0.883. The van der Waals surface area contributed by atoms with Crippen molar-refractivity contribution in [3.8, 4) is 0 Å². The van der Waals surface area contributed by atoms with Crippen LogP contribution in [0.2, 0.25) is 0 Å². The Morgan fingerprint density at radius 1 is 0.469 bits per heavy atom. The predicted molar refractivity (Wildman–Crippen MR) is 142 cm³/mol. The van der Waals surface area contributed by atoms with Crippen LogP contribution in [0, 0.1) is 0 Å². The van der Waals surface area contributed by atoms with Crippen molar-refractivity contribution < 1.29 is 17.8 Å². The first kappa shape index (κ1) is 32.1. The van der Waals surface area contributed by atoms with E-state index in [1.54, 1.807) is 0 Å². The van der Waals surface area contributed by atoms with Gasteiger partial charge in [0.15, 0.2) is 0 Å². The Hall–Kier alpha value is 0.0569. The van der Waals surface area contributed by atoms with Crippen LogP contribution in [0.25, 0.3) is 0 Å². The Labute approximate surface area is 203 Å².